The third kappa shape index (κ3) is 101. The van der Waals surface area contributed by atoms with Gasteiger partial charge in [0.15, 0.2) is 0 Å². The van der Waals surface area contributed by atoms with Crippen LogP contribution < -0.4 is 10.6 Å². The van der Waals surface area contributed by atoms with Crippen molar-refractivity contribution in [3.8, 4) is 0 Å². The molecule has 2 N–H and O–H groups in total. The van der Waals surface area contributed by atoms with E-state index in [0.717, 1.165) is 6.54 Å². The molecule has 5 heteroatoms. The van der Waals surface area contributed by atoms with E-state index >= 15 is 0 Å². The molecule has 0 aliphatic rings. The second-order valence-electron chi connectivity index (χ2n) is 5.37. The van der Waals surface area contributed by atoms with Crippen molar-refractivity contribution >= 4 is 6.03 Å². The Hall–Kier alpha value is 1.06. The summed E-state index contributed by atoms with van der Waals surface area (Å²) < 4.78 is 0. The van der Waals surface area contributed by atoms with E-state index in [0.29, 0.717) is 11.8 Å². The summed E-state index contributed by atoms with van der Waals surface area (Å²) in [5.41, 5.74) is 0. The van der Waals surface area contributed by atoms with Crippen LogP contribution >= 0.6 is 0 Å². The Morgan fingerprint density at radius 1 is 1.04 bits per heavy atom. The minimum absolute atomic E-state index is 0. The van der Waals surface area contributed by atoms with Gasteiger partial charge in [0.2, 0.25) is 0 Å². The molecule has 0 atom stereocenters. The first-order valence-corrected chi connectivity index (χ1v) is 6.78. The van der Waals surface area contributed by atoms with E-state index in [4.69, 9.17) is 0 Å². The Morgan fingerprint density at radius 3 is 1.48 bits per heavy atom. The molecule has 0 aromatic rings. The minimum Gasteiger partial charge on any atom is -0.358 e. The van der Waals surface area contributed by atoms with Gasteiger partial charge in [-0.2, -0.15) is 19.8 Å². The molecule has 0 saturated heterocycles. The number of hydrogen-bond acceptors (Lipinski definition) is 1. The molecule has 0 heterocycles. The molecule has 0 spiro atoms. The number of amides is 2. The van der Waals surface area contributed by atoms with E-state index in [1.54, 1.807) is 0 Å². The second kappa shape index (κ2) is 38.6. The first-order valence-electron chi connectivity index (χ1n) is 6.78. The monoisotopic (exact) mass is 578 g/mol. The second-order valence-corrected chi connectivity index (χ2v) is 5.37. The minimum atomic E-state index is -0.0753. The Morgan fingerprint density at radius 2 is 1.30 bits per heavy atom. The molecule has 0 aliphatic heterocycles. The zero-order valence-corrected chi connectivity index (χ0v) is 21.4. The fraction of sp³-hybridized carbons (Fsp3) is 0.778. The van der Waals surface area contributed by atoms with Gasteiger partial charge in [-0.1, -0.05) is 42.5 Å². The van der Waals surface area contributed by atoms with Gasteiger partial charge in [0, 0.05) is 66.4 Å². The molecular formula is C18H45N2OWY-3. The summed E-state index contributed by atoms with van der Waals surface area (Å²) in [6, 6.07) is 0.135. The van der Waals surface area contributed by atoms with E-state index < -0.39 is 0 Å². The van der Waals surface area contributed by atoms with Crippen LogP contribution in [-0.4, -0.2) is 18.6 Å². The maximum Gasteiger partial charge on any atom is 0.314 e. The Balaban J connectivity index is -0.0000000273. The number of rotatable bonds is 3. The molecule has 145 valence electrons. The number of hydrogen-bond donors (Lipinski definition) is 2. The summed E-state index contributed by atoms with van der Waals surface area (Å²) in [4.78, 5) is 10.9. The van der Waals surface area contributed by atoms with Crippen LogP contribution in [0.4, 0.5) is 4.79 Å². The van der Waals surface area contributed by atoms with E-state index in [9.17, 15) is 4.79 Å². The van der Waals surface area contributed by atoms with Gasteiger partial charge in [0.25, 0.3) is 0 Å². The predicted molar refractivity (Wildman–Crippen MR) is 102 cm³/mol. The van der Waals surface area contributed by atoms with Crippen molar-refractivity contribution in [1.82, 2.24) is 10.6 Å². The largest absolute Gasteiger partial charge is 0.358 e. The maximum atomic E-state index is 10.9. The zero-order valence-electron chi connectivity index (χ0n) is 15.6. The molecule has 2 amide bonds. The number of nitrogens with one attached hydrogen (secondary N) is 2. The molecule has 23 heavy (non-hydrogen) atoms. The van der Waals surface area contributed by atoms with Crippen LogP contribution in [0.15, 0.2) is 0 Å². The summed E-state index contributed by atoms with van der Waals surface area (Å²) in [7, 11) is 0. The fourth-order valence-corrected chi connectivity index (χ4v) is 0.610. The van der Waals surface area contributed by atoms with Gasteiger partial charge in [0.1, 0.15) is 0 Å². The maximum absolute atomic E-state index is 10.9. The van der Waals surface area contributed by atoms with Crippen molar-refractivity contribution in [3.63, 3.8) is 0 Å². The standard InChI is InChI=1S/C8H18N2O.C4H9.C3H7.2CH4.CH3.W.Y/c1-6(2)5-9-8(11)10-7(3)4;1-4(2)3;1-3-2;;;;;/h6-7H,5H2,1-4H3,(H2,9,10,11);4H,1H2,2-3H3;3H,1-2H3;2*1H4;1H3;;/q;2*-1;;;-1;;. The van der Waals surface area contributed by atoms with Crippen molar-refractivity contribution in [2.75, 3.05) is 6.54 Å². The van der Waals surface area contributed by atoms with Gasteiger partial charge in [-0.25, -0.2) is 4.79 Å². The van der Waals surface area contributed by atoms with E-state index in [-0.39, 0.29) is 88.1 Å². The quantitative estimate of drug-likeness (QED) is 0.411. The predicted octanol–water partition coefficient (Wildman–Crippen LogP) is 5.77. The topological polar surface area (TPSA) is 41.1 Å². The van der Waals surface area contributed by atoms with Crippen molar-refractivity contribution in [2.45, 2.75) is 76.3 Å². The van der Waals surface area contributed by atoms with E-state index in [1.807, 2.05) is 34.1 Å². The summed E-state index contributed by atoms with van der Waals surface area (Å²) in [5.74, 6) is 1.09. The molecule has 0 bridgehead atoms. The first kappa shape index (κ1) is 49.6. The van der Waals surface area contributed by atoms with Gasteiger partial charge < -0.3 is 31.4 Å². The number of urea groups is 1. The third-order valence-corrected chi connectivity index (χ3v) is 1.09. The van der Waals surface area contributed by atoms with E-state index in [2.05, 4.69) is 45.3 Å². The molecule has 0 rings (SSSR count). The average molecular weight is 578 g/mol. The number of carbonyl (C=O) groups is 1. The molecule has 1 radical (unpaired) electrons. The van der Waals surface area contributed by atoms with Gasteiger partial charge in [-0.15, -0.1) is 0 Å². The van der Waals surface area contributed by atoms with Crippen LogP contribution in [0.2, 0.25) is 0 Å². The Bertz CT molecular complexity index is 176. The van der Waals surface area contributed by atoms with Crippen LogP contribution in [0.25, 0.3) is 0 Å². The molecule has 0 aromatic heterocycles. The summed E-state index contributed by atoms with van der Waals surface area (Å²) in [6.45, 7) is 20.5. The Labute approximate surface area is 189 Å². The first-order chi connectivity index (χ1) is 8.17. The van der Waals surface area contributed by atoms with Crippen molar-refractivity contribution in [1.29, 1.82) is 0 Å². The van der Waals surface area contributed by atoms with Crippen molar-refractivity contribution in [2.24, 2.45) is 11.8 Å². The average Bonchev–Trinajstić information content (AvgIpc) is 2.14. The molecule has 0 unspecified atom stereocenters. The molecular weight excluding hydrogens is 533 g/mol. The Kier molecular flexibility index (Phi) is 83.2. The van der Waals surface area contributed by atoms with Crippen molar-refractivity contribution in [3.05, 3.63) is 20.8 Å². The van der Waals surface area contributed by atoms with Gasteiger partial charge in [-0.3, -0.25) is 0 Å². The van der Waals surface area contributed by atoms with Crippen LogP contribution in [0.3, 0.4) is 0 Å². The number of carbonyl (C=O) groups excluding carboxylic acids is 1. The van der Waals surface area contributed by atoms with Crippen LogP contribution in [-0.2, 0) is 53.8 Å². The fourth-order valence-electron chi connectivity index (χ4n) is 0.610. The van der Waals surface area contributed by atoms with Crippen LogP contribution in [0.5, 0.6) is 0 Å². The SMILES string of the molecule is C.C.CC(C)CNC(=O)NC(C)C.C[CH-]C.[CH2-]C(C)C.[CH3-].[W].[Y]. The van der Waals surface area contributed by atoms with Crippen LogP contribution in [0, 0.1) is 32.6 Å². The summed E-state index contributed by atoms with van der Waals surface area (Å²) in [5, 5.41) is 5.51. The molecule has 3 nitrogen and oxygen atoms in total. The smallest absolute Gasteiger partial charge is 0.314 e. The molecule has 0 fully saturated rings. The van der Waals surface area contributed by atoms with Gasteiger partial charge in [-0.05, 0) is 19.8 Å². The summed E-state index contributed by atoms with van der Waals surface area (Å²) in [6.07, 6.45) is 2.00. The van der Waals surface area contributed by atoms with Gasteiger partial charge >= 0.3 is 6.03 Å². The molecule has 0 saturated carbocycles. The van der Waals surface area contributed by atoms with E-state index in [1.165, 1.54) is 0 Å². The molecule has 0 aliphatic carbocycles. The third-order valence-electron chi connectivity index (χ3n) is 1.09. The zero-order chi connectivity index (χ0) is 15.1. The normalized spacial score (nSPS) is 7.30. The summed E-state index contributed by atoms with van der Waals surface area (Å²) >= 11 is 0. The van der Waals surface area contributed by atoms with Crippen molar-refractivity contribution < 1.29 is 58.6 Å². The van der Waals surface area contributed by atoms with Crippen LogP contribution in [0.1, 0.15) is 70.2 Å². The molecule has 0 aromatic carbocycles. The van der Waals surface area contributed by atoms with Gasteiger partial charge in [0.05, 0.1) is 0 Å².